The molecule has 0 bridgehead atoms. The van der Waals surface area contributed by atoms with E-state index >= 15 is 0 Å². The van der Waals surface area contributed by atoms with Crippen molar-refractivity contribution < 1.29 is 23.8 Å². The Labute approximate surface area is 115 Å². The lowest BCUT2D eigenvalue weighted by Gasteiger charge is -2.10. The van der Waals surface area contributed by atoms with Gasteiger partial charge in [0.2, 0.25) is 0 Å². The number of H-pyrrole nitrogens is 1. The second-order valence-electron chi connectivity index (χ2n) is 4.18. The van der Waals surface area contributed by atoms with Crippen molar-refractivity contribution in [1.82, 2.24) is 4.98 Å². The Balaban J connectivity index is 2.84. The van der Waals surface area contributed by atoms with Gasteiger partial charge < -0.3 is 19.2 Å². The smallest absolute Gasteiger partial charge is 0.354 e. The molecule has 0 atom stereocenters. The number of nitrogens with one attached hydrogen (secondary N) is 1. The van der Waals surface area contributed by atoms with E-state index < -0.39 is 5.97 Å². The number of hydrogen-bond donors (Lipinski definition) is 1. The Hall–Kier alpha value is -2.50. The van der Waals surface area contributed by atoms with Crippen LogP contribution in [0.4, 0.5) is 0 Å². The van der Waals surface area contributed by atoms with Crippen molar-refractivity contribution in [3.8, 4) is 11.5 Å². The highest BCUT2D eigenvalue weighted by molar-refractivity contribution is 6.12. The number of rotatable bonds is 4. The number of aromatic nitrogens is 1. The SMILES string of the molecule is COC(=O)c1cc2c(C(C)=O)c(OC)cc(OC)c2[nH]1. The molecule has 0 unspecified atom stereocenters. The van der Waals surface area contributed by atoms with Gasteiger partial charge in [-0.15, -0.1) is 0 Å². The van der Waals surface area contributed by atoms with E-state index in [4.69, 9.17) is 9.47 Å². The Morgan fingerprint density at radius 1 is 1.05 bits per heavy atom. The van der Waals surface area contributed by atoms with Gasteiger partial charge in [-0.05, 0) is 13.0 Å². The number of Topliss-reactive ketones (excluding diaryl/α,β-unsaturated/α-hetero) is 1. The van der Waals surface area contributed by atoms with E-state index in [9.17, 15) is 9.59 Å². The predicted octanol–water partition coefficient (Wildman–Crippen LogP) is 2.17. The van der Waals surface area contributed by atoms with Gasteiger partial charge in [-0.3, -0.25) is 4.79 Å². The van der Waals surface area contributed by atoms with Crippen LogP contribution in [-0.2, 0) is 4.74 Å². The molecular weight excluding hydrogens is 262 g/mol. The third kappa shape index (κ3) is 2.09. The fraction of sp³-hybridized carbons (Fsp3) is 0.286. The van der Waals surface area contributed by atoms with Gasteiger partial charge in [0.25, 0.3) is 0 Å². The molecule has 1 N–H and O–H groups in total. The van der Waals surface area contributed by atoms with E-state index in [2.05, 4.69) is 9.72 Å². The van der Waals surface area contributed by atoms with Crippen LogP contribution in [-0.4, -0.2) is 38.1 Å². The fourth-order valence-electron chi connectivity index (χ4n) is 2.15. The number of esters is 1. The van der Waals surface area contributed by atoms with Gasteiger partial charge in [-0.25, -0.2) is 4.79 Å². The molecule has 0 saturated carbocycles. The molecule has 0 aliphatic carbocycles. The summed E-state index contributed by atoms with van der Waals surface area (Å²) < 4.78 is 15.1. The van der Waals surface area contributed by atoms with E-state index in [0.29, 0.717) is 28.0 Å². The first kappa shape index (κ1) is 13.9. The van der Waals surface area contributed by atoms with Crippen molar-refractivity contribution >= 4 is 22.7 Å². The van der Waals surface area contributed by atoms with Gasteiger partial charge in [0.05, 0.1) is 32.4 Å². The van der Waals surface area contributed by atoms with Gasteiger partial charge in [0.15, 0.2) is 5.78 Å². The van der Waals surface area contributed by atoms with Gasteiger partial charge in [0, 0.05) is 11.5 Å². The van der Waals surface area contributed by atoms with Crippen LogP contribution < -0.4 is 9.47 Å². The summed E-state index contributed by atoms with van der Waals surface area (Å²) >= 11 is 0. The fourth-order valence-corrected chi connectivity index (χ4v) is 2.15. The molecule has 1 heterocycles. The van der Waals surface area contributed by atoms with Crippen molar-refractivity contribution in [3.63, 3.8) is 0 Å². The van der Waals surface area contributed by atoms with E-state index in [-0.39, 0.29) is 11.5 Å². The molecule has 1 aromatic heterocycles. The predicted molar refractivity (Wildman–Crippen MR) is 72.7 cm³/mol. The molecule has 0 spiro atoms. The molecule has 106 valence electrons. The maximum Gasteiger partial charge on any atom is 0.354 e. The van der Waals surface area contributed by atoms with Crippen LogP contribution in [0.1, 0.15) is 27.8 Å². The van der Waals surface area contributed by atoms with E-state index in [0.717, 1.165) is 0 Å². The Kier molecular flexibility index (Phi) is 3.65. The molecule has 2 aromatic rings. The zero-order chi connectivity index (χ0) is 14.9. The highest BCUT2D eigenvalue weighted by Gasteiger charge is 2.21. The number of ketones is 1. The Morgan fingerprint density at radius 2 is 1.70 bits per heavy atom. The minimum Gasteiger partial charge on any atom is -0.496 e. The molecule has 0 saturated heterocycles. The van der Waals surface area contributed by atoms with Gasteiger partial charge >= 0.3 is 5.97 Å². The summed E-state index contributed by atoms with van der Waals surface area (Å²) in [5.74, 6) is 0.205. The van der Waals surface area contributed by atoms with E-state index in [1.807, 2.05) is 0 Å². The van der Waals surface area contributed by atoms with Crippen molar-refractivity contribution in [1.29, 1.82) is 0 Å². The maximum atomic E-state index is 11.8. The normalized spacial score (nSPS) is 10.4. The number of carbonyl (C=O) groups is 2. The molecular formula is C14H15NO5. The molecule has 0 aliphatic rings. The quantitative estimate of drug-likeness (QED) is 0.684. The molecule has 20 heavy (non-hydrogen) atoms. The molecule has 0 amide bonds. The molecule has 0 radical (unpaired) electrons. The molecule has 6 heteroatoms. The monoisotopic (exact) mass is 277 g/mol. The number of fused-ring (bicyclic) bond motifs is 1. The second-order valence-corrected chi connectivity index (χ2v) is 4.18. The first-order valence-electron chi connectivity index (χ1n) is 5.90. The van der Waals surface area contributed by atoms with Gasteiger partial charge in [0.1, 0.15) is 17.2 Å². The topological polar surface area (TPSA) is 77.6 Å². The van der Waals surface area contributed by atoms with Gasteiger partial charge in [-0.2, -0.15) is 0 Å². The van der Waals surface area contributed by atoms with Crippen molar-refractivity contribution in [2.45, 2.75) is 6.92 Å². The summed E-state index contributed by atoms with van der Waals surface area (Å²) in [5.41, 5.74) is 1.20. The third-order valence-corrected chi connectivity index (χ3v) is 3.04. The first-order valence-corrected chi connectivity index (χ1v) is 5.90. The number of hydrogen-bond acceptors (Lipinski definition) is 5. The van der Waals surface area contributed by atoms with E-state index in [1.165, 1.54) is 28.3 Å². The van der Waals surface area contributed by atoms with Gasteiger partial charge in [-0.1, -0.05) is 0 Å². The second kappa shape index (κ2) is 5.24. The molecule has 0 fully saturated rings. The summed E-state index contributed by atoms with van der Waals surface area (Å²) in [4.78, 5) is 26.3. The Morgan fingerprint density at radius 3 is 2.20 bits per heavy atom. The lowest BCUT2D eigenvalue weighted by atomic mass is 10.0. The molecule has 0 aliphatic heterocycles. The minimum absolute atomic E-state index is 0.162. The molecule has 6 nitrogen and oxygen atoms in total. The molecule has 2 rings (SSSR count). The number of aromatic amines is 1. The maximum absolute atomic E-state index is 11.8. The summed E-state index contributed by atoms with van der Waals surface area (Å²) in [5, 5.41) is 0.564. The zero-order valence-electron chi connectivity index (χ0n) is 11.7. The third-order valence-electron chi connectivity index (χ3n) is 3.04. The first-order chi connectivity index (χ1) is 9.53. The lowest BCUT2D eigenvalue weighted by Crippen LogP contribution is -2.00. The lowest BCUT2D eigenvalue weighted by molar-refractivity contribution is 0.0595. The average Bonchev–Trinajstić information content (AvgIpc) is 2.88. The number of carbonyl (C=O) groups excluding carboxylic acids is 2. The van der Waals surface area contributed by atoms with Crippen LogP contribution in [0, 0.1) is 0 Å². The van der Waals surface area contributed by atoms with Crippen LogP contribution in [0.25, 0.3) is 10.9 Å². The van der Waals surface area contributed by atoms with Crippen LogP contribution in [0.5, 0.6) is 11.5 Å². The van der Waals surface area contributed by atoms with Crippen molar-refractivity contribution in [2.75, 3.05) is 21.3 Å². The number of ether oxygens (including phenoxy) is 3. The van der Waals surface area contributed by atoms with Crippen LogP contribution in [0.2, 0.25) is 0 Å². The standard InChI is InChI=1S/C14H15NO5/c1-7(16)12-8-5-9(14(17)20-4)15-13(8)11(19-3)6-10(12)18-2/h5-6,15H,1-4H3. The average molecular weight is 277 g/mol. The largest absolute Gasteiger partial charge is 0.496 e. The zero-order valence-corrected chi connectivity index (χ0v) is 11.7. The van der Waals surface area contributed by atoms with E-state index in [1.54, 1.807) is 12.1 Å². The number of methoxy groups -OCH3 is 3. The number of benzene rings is 1. The highest BCUT2D eigenvalue weighted by atomic mass is 16.5. The summed E-state index contributed by atoms with van der Waals surface area (Å²) in [6, 6.07) is 3.17. The van der Waals surface area contributed by atoms with Crippen molar-refractivity contribution in [3.05, 3.63) is 23.4 Å². The van der Waals surface area contributed by atoms with Crippen LogP contribution in [0.3, 0.4) is 0 Å². The van der Waals surface area contributed by atoms with Crippen molar-refractivity contribution in [2.24, 2.45) is 0 Å². The van der Waals surface area contributed by atoms with Crippen LogP contribution in [0.15, 0.2) is 12.1 Å². The highest BCUT2D eigenvalue weighted by Crippen LogP contribution is 2.36. The van der Waals surface area contributed by atoms with Crippen LogP contribution >= 0.6 is 0 Å². The summed E-state index contributed by atoms with van der Waals surface area (Å²) in [6.07, 6.45) is 0. The molecule has 1 aromatic carbocycles. The minimum atomic E-state index is -0.517. The summed E-state index contributed by atoms with van der Waals surface area (Å²) in [6.45, 7) is 1.44. The summed E-state index contributed by atoms with van der Waals surface area (Å²) in [7, 11) is 4.26. The Bertz CT molecular complexity index is 686.